The number of hydrogen-bond donors (Lipinski definition) is 1. The molecule has 122 valence electrons. The molecule has 2 unspecified atom stereocenters. The fraction of sp³-hybridized carbons (Fsp3) is 0.444. The van der Waals surface area contributed by atoms with E-state index in [2.05, 4.69) is 6.92 Å². The number of hydrogen-bond acceptors (Lipinski definition) is 3. The number of carbonyl (C=O) groups excluding carboxylic acids is 1. The zero-order chi connectivity index (χ0) is 16.6. The Morgan fingerprint density at radius 1 is 1.39 bits per heavy atom. The molecule has 0 spiro atoms. The number of benzene rings is 1. The van der Waals surface area contributed by atoms with Gasteiger partial charge in [-0.25, -0.2) is 4.79 Å². The van der Waals surface area contributed by atoms with Crippen molar-refractivity contribution in [3.63, 3.8) is 0 Å². The van der Waals surface area contributed by atoms with E-state index < -0.39 is 12.0 Å². The topological polar surface area (TPSA) is 70.8 Å². The van der Waals surface area contributed by atoms with Gasteiger partial charge in [0.05, 0.1) is 5.56 Å². The van der Waals surface area contributed by atoms with Gasteiger partial charge >= 0.3 is 5.97 Å². The number of aliphatic carboxylic acids is 1. The molecule has 1 aliphatic heterocycles. The van der Waals surface area contributed by atoms with Gasteiger partial charge in [0.2, 0.25) is 0 Å². The fourth-order valence-corrected chi connectivity index (χ4v) is 3.24. The van der Waals surface area contributed by atoms with Crippen LogP contribution in [0.3, 0.4) is 0 Å². The van der Waals surface area contributed by atoms with Crippen LogP contribution in [0, 0.1) is 5.92 Å². The van der Waals surface area contributed by atoms with Crippen LogP contribution in [0.4, 0.5) is 0 Å². The third-order valence-electron chi connectivity index (χ3n) is 4.69. The zero-order valence-corrected chi connectivity index (χ0v) is 13.4. The Labute approximate surface area is 134 Å². The number of nitrogens with zero attached hydrogens (tertiary/aromatic N) is 1. The molecule has 1 N–H and O–H groups in total. The molecule has 1 aromatic heterocycles. The van der Waals surface area contributed by atoms with Crippen LogP contribution >= 0.6 is 0 Å². The monoisotopic (exact) mass is 315 g/mol. The summed E-state index contributed by atoms with van der Waals surface area (Å²) in [5, 5.41) is 10.2. The Hall–Kier alpha value is -2.30. The molecule has 23 heavy (non-hydrogen) atoms. The van der Waals surface area contributed by atoms with Crippen LogP contribution in [0.5, 0.6) is 0 Å². The lowest BCUT2D eigenvalue weighted by Gasteiger charge is -2.35. The molecule has 1 amide bonds. The smallest absolute Gasteiger partial charge is 0.326 e. The predicted octanol–water partition coefficient (Wildman–Crippen LogP) is 3.32. The van der Waals surface area contributed by atoms with Crippen LogP contribution in [0.15, 0.2) is 28.9 Å². The van der Waals surface area contributed by atoms with Crippen molar-refractivity contribution in [1.82, 2.24) is 4.90 Å². The van der Waals surface area contributed by atoms with Crippen molar-refractivity contribution in [3.8, 4) is 0 Å². The van der Waals surface area contributed by atoms with Crippen LogP contribution in [0.2, 0.25) is 0 Å². The standard InChI is InChI=1S/C18H21NO4/c1-3-12-4-5-16-13(9-12)14(10-23-16)17(20)19-7-6-11(2)8-15(19)18(21)22/h4-5,9-11,15H,3,6-8H2,1-2H3,(H,21,22). The second-order valence-corrected chi connectivity index (χ2v) is 6.32. The third kappa shape index (κ3) is 2.83. The van der Waals surface area contributed by atoms with E-state index in [1.807, 2.05) is 25.1 Å². The van der Waals surface area contributed by atoms with Crippen molar-refractivity contribution in [2.45, 2.75) is 39.2 Å². The third-order valence-corrected chi connectivity index (χ3v) is 4.69. The fourth-order valence-electron chi connectivity index (χ4n) is 3.24. The highest BCUT2D eigenvalue weighted by atomic mass is 16.4. The van der Waals surface area contributed by atoms with Crippen LogP contribution in [-0.4, -0.2) is 34.5 Å². The molecule has 2 heterocycles. The van der Waals surface area contributed by atoms with Crippen molar-refractivity contribution in [1.29, 1.82) is 0 Å². The van der Waals surface area contributed by atoms with Crippen LogP contribution in [-0.2, 0) is 11.2 Å². The van der Waals surface area contributed by atoms with Crippen molar-refractivity contribution >= 4 is 22.8 Å². The molecule has 0 aliphatic carbocycles. The lowest BCUT2D eigenvalue weighted by atomic mass is 9.92. The van der Waals surface area contributed by atoms with Gasteiger partial charge in [0.1, 0.15) is 17.9 Å². The summed E-state index contributed by atoms with van der Waals surface area (Å²) in [4.78, 5) is 25.9. The Morgan fingerprint density at radius 3 is 2.87 bits per heavy atom. The van der Waals surface area contributed by atoms with Crippen LogP contribution in [0.1, 0.15) is 42.6 Å². The average Bonchev–Trinajstić information content (AvgIpc) is 2.96. The molecule has 0 saturated carbocycles. The number of rotatable bonds is 3. The number of amides is 1. The second-order valence-electron chi connectivity index (χ2n) is 6.32. The quantitative estimate of drug-likeness (QED) is 0.943. The van der Waals surface area contributed by atoms with E-state index in [0.29, 0.717) is 30.0 Å². The molecular formula is C18H21NO4. The number of carbonyl (C=O) groups is 2. The van der Waals surface area contributed by atoms with Gasteiger partial charge in [-0.05, 0) is 42.9 Å². The zero-order valence-electron chi connectivity index (χ0n) is 13.4. The van der Waals surface area contributed by atoms with Gasteiger partial charge in [-0.1, -0.05) is 19.9 Å². The van der Waals surface area contributed by atoms with Gasteiger partial charge in [0, 0.05) is 11.9 Å². The van der Waals surface area contributed by atoms with Gasteiger partial charge in [-0.2, -0.15) is 0 Å². The Morgan fingerprint density at radius 2 is 2.17 bits per heavy atom. The minimum absolute atomic E-state index is 0.253. The number of carboxylic acids is 1. The molecule has 3 rings (SSSR count). The highest BCUT2D eigenvalue weighted by Crippen LogP contribution is 2.28. The number of likely N-dealkylation sites (tertiary alicyclic amines) is 1. The summed E-state index contributed by atoms with van der Waals surface area (Å²) in [6, 6.07) is 5.03. The van der Waals surface area contributed by atoms with Gasteiger partial charge < -0.3 is 14.4 Å². The van der Waals surface area contributed by atoms with E-state index in [1.54, 1.807) is 0 Å². The Bertz CT molecular complexity index is 749. The van der Waals surface area contributed by atoms with Crippen molar-refractivity contribution in [3.05, 3.63) is 35.6 Å². The summed E-state index contributed by atoms with van der Waals surface area (Å²) >= 11 is 0. The highest BCUT2D eigenvalue weighted by Gasteiger charge is 2.36. The molecule has 1 saturated heterocycles. The first-order chi connectivity index (χ1) is 11.0. The van der Waals surface area contributed by atoms with E-state index in [9.17, 15) is 14.7 Å². The lowest BCUT2D eigenvalue weighted by Crippen LogP contribution is -2.49. The lowest BCUT2D eigenvalue weighted by molar-refractivity contribution is -0.144. The summed E-state index contributed by atoms with van der Waals surface area (Å²) in [5.74, 6) is -0.879. The number of fused-ring (bicyclic) bond motifs is 1. The maximum absolute atomic E-state index is 12.9. The first-order valence-corrected chi connectivity index (χ1v) is 8.05. The maximum atomic E-state index is 12.9. The van der Waals surface area contributed by atoms with Crippen molar-refractivity contribution in [2.24, 2.45) is 5.92 Å². The first kappa shape index (κ1) is 15.6. The van der Waals surface area contributed by atoms with Gasteiger partial charge in [0.15, 0.2) is 0 Å². The molecule has 0 bridgehead atoms. The normalized spacial score (nSPS) is 21.6. The second kappa shape index (κ2) is 6.07. The largest absolute Gasteiger partial charge is 0.480 e. The van der Waals surface area contributed by atoms with E-state index in [4.69, 9.17) is 4.42 Å². The van der Waals surface area contributed by atoms with Gasteiger partial charge in [-0.3, -0.25) is 4.79 Å². The van der Waals surface area contributed by atoms with Gasteiger partial charge in [-0.15, -0.1) is 0 Å². The van der Waals surface area contributed by atoms with E-state index in [1.165, 1.54) is 11.2 Å². The van der Waals surface area contributed by atoms with Crippen molar-refractivity contribution in [2.75, 3.05) is 6.54 Å². The summed E-state index contributed by atoms with van der Waals surface area (Å²) in [7, 11) is 0. The SMILES string of the molecule is CCc1ccc2occ(C(=O)N3CCC(C)CC3C(=O)O)c2c1. The predicted molar refractivity (Wildman–Crippen MR) is 86.5 cm³/mol. The molecular weight excluding hydrogens is 294 g/mol. The number of carboxylic acid groups (broad SMARTS) is 1. The van der Waals surface area contributed by atoms with Crippen LogP contribution in [0.25, 0.3) is 11.0 Å². The molecule has 0 radical (unpaired) electrons. The summed E-state index contributed by atoms with van der Waals surface area (Å²) in [6.07, 6.45) is 3.64. The molecule has 5 heteroatoms. The number of piperidine rings is 1. The van der Waals surface area contributed by atoms with Crippen molar-refractivity contribution < 1.29 is 19.1 Å². The molecule has 2 atom stereocenters. The summed E-state index contributed by atoms with van der Waals surface area (Å²) in [5.41, 5.74) is 2.23. The van der Waals surface area contributed by atoms with Crippen LogP contribution < -0.4 is 0 Å². The number of aryl methyl sites for hydroxylation is 1. The van der Waals surface area contributed by atoms with E-state index >= 15 is 0 Å². The summed E-state index contributed by atoms with van der Waals surface area (Å²) < 4.78 is 5.48. The molecule has 1 aliphatic rings. The molecule has 1 aromatic carbocycles. The minimum atomic E-state index is -0.938. The van der Waals surface area contributed by atoms with E-state index in [0.717, 1.165) is 23.8 Å². The molecule has 1 fully saturated rings. The minimum Gasteiger partial charge on any atom is -0.480 e. The first-order valence-electron chi connectivity index (χ1n) is 8.05. The van der Waals surface area contributed by atoms with E-state index in [-0.39, 0.29) is 5.91 Å². The maximum Gasteiger partial charge on any atom is 0.326 e. The average molecular weight is 315 g/mol. The Balaban J connectivity index is 1.97. The highest BCUT2D eigenvalue weighted by molar-refractivity contribution is 6.07. The molecule has 2 aromatic rings. The van der Waals surface area contributed by atoms with Gasteiger partial charge in [0.25, 0.3) is 5.91 Å². The Kier molecular flexibility index (Phi) is 4.11. The number of furan rings is 1. The summed E-state index contributed by atoms with van der Waals surface area (Å²) in [6.45, 7) is 4.55. The molecule has 5 nitrogen and oxygen atoms in total.